The van der Waals surface area contributed by atoms with Crippen LogP contribution in [0.2, 0.25) is 0 Å². The van der Waals surface area contributed by atoms with Gasteiger partial charge >= 0.3 is 0 Å². The Morgan fingerprint density at radius 2 is 1.90 bits per heavy atom. The summed E-state index contributed by atoms with van der Waals surface area (Å²) in [4.78, 5) is 16.3. The molecule has 0 unspecified atom stereocenters. The van der Waals surface area contributed by atoms with Crippen LogP contribution in [-0.2, 0) is 16.4 Å². The Hall–Kier alpha value is -2.25. The van der Waals surface area contributed by atoms with E-state index in [1.54, 1.807) is 24.3 Å². The van der Waals surface area contributed by atoms with E-state index in [-0.39, 0.29) is 17.3 Å². The number of pyridine rings is 1. The highest BCUT2D eigenvalue weighted by molar-refractivity contribution is 7.90. The SMILES string of the molecule is CS(=O)(=O)c1ccc(NC(=O)c2ccnc(CN)c2)cc1. The fraction of sp³-hybridized carbons (Fsp3) is 0.143. The van der Waals surface area contributed by atoms with Crippen LogP contribution in [0.4, 0.5) is 5.69 Å². The first-order valence-electron chi connectivity index (χ1n) is 6.16. The number of amides is 1. The van der Waals surface area contributed by atoms with Crippen LogP contribution in [0.5, 0.6) is 0 Å². The maximum Gasteiger partial charge on any atom is 0.255 e. The summed E-state index contributed by atoms with van der Waals surface area (Å²) >= 11 is 0. The lowest BCUT2D eigenvalue weighted by atomic mass is 10.2. The van der Waals surface area contributed by atoms with Crippen LogP contribution in [0.25, 0.3) is 0 Å². The van der Waals surface area contributed by atoms with Crippen molar-refractivity contribution in [2.45, 2.75) is 11.4 Å². The van der Waals surface area contributed by atoms with Gasteiger partial charge in [-0.15, -0.1) is 0 Å². The molecule has 0 aliphatic rings. The third-order valence-electron chi connectivity index (χ3n) is 2.83. The van der Waals surface area contributed by atoms with E-state index in [0.717, 1.165) is 6.26 Å². The first-order chi connectivity index (χ1) is 9.90. The van der Waals surface area contributed by atoms with Crippen molar-refractivity contribution in [2.75, 3.05) is 11.6 Å². The summed E-state index contributed by atoms with van der Waals surface area (Å²) in [6, 6.07) is 9.17. The van der Waals surface area contributed by atoms with E-state index in [1.165, 1.54) is 18.3 Å². The monoisotopic (exact) mass is 305 g/mol. The van der Waals surface area contributed by atoms with Gasteiger partial charge < -0.3 is 11.1 Å². The predicted octanol–water partition coefficient (Wildman–Crippen LogP) is 1.20. The second-order valence-electron chi connectivity index (χ2n) is 4.49. The number of hydrogen-bond donors (Lipinski definition) is 2. The number of benzene rings is 1. The van der Waals surface area contributed by atoms with E-state index >= 15 is 0 Å². The first-order valence-corrected chi connectivity index (χ1v) is 8.06. The highest BCUT2D eigenvalue weighted by atomic mass is 32.2. The third kappa shape index (κ3) is 3.87. The Bertz CT molecular complexity index is 755. The molecule has 0 bridgehead atoms. The van der Waals surface area contributed by atoms with E-state index in [4.69, 9.17) is 5.73 Å². The topological polar surface area (TPSA) is 102 Å². The molecule has 0 fully saturated rings. The molecule has 3 N–H and O–H groups in total. The van der Waals surface area contributed by atoms with Gasteiger partial charge in [-0.05, 0) is 36.4 Å². The number of carbonyl (C=O) groups is 1. The zero-order valence-corrected chi connectivity index (χ0v) is 12.2. The smallest absolute Gasteiger partial charge is 0.255 e. The predicted molar refractivity (Wildman–Crippen MR) is 79.6 cm³/mol. The molecule has 0 saturated carbocycles. The third-order valence-corrected chi connectivity index (χ3v) is 3.96. The molecule has 21 heavy (non-hydrogen) atoms. The number of nitrogens with zero attached hydrogens (tertiary/aromatic N) is 1. The Kier molecular flexibility index (Phi) is 4.35. The largest absolute Gasteiger partial charge is 0.325 e. The number of aromatic nitrogens is 1. The number of rotatable bonds is 4. The Morgan fingerprint density at radius 3 is 2.48 bits per heavy atom. The van der Waals surface area contributed by atoms with Gasteiger partial charge in [-0.2, -0.15) is 0 Å². The summed E-state index contributed by atoms with van der Waals surface area (Å²) < 4.78 is 22.7. The minimum absolute atomic E-state index is 0.204. The molecule has 7 heteroatoms. The standard InChI is InChI=1S/C14H15N3O3S/c1-21(19,20)13-4-2-11(3-5-13)17-14(18)10-6-7-16-12(8-10)9-15/h2-8H,9,15H2,1H3,(H,17,18). The average molecular weight is 305 g/mol. The van der Waals surface area contributed by atoms with Gasteiger partial charge in [0.05, 0.1) is 10.6 Å². The number of hydrogen-bond acceptors (Lipinski definition) is 5. The second-order valence-corrected chi connectivity index (χ2v) is 6.51. The van der Waals surface area contributed by atoms with Crippen molar-refractivity contribution in [1.82, 2.24) is 4.98 Å². The molecular formula is C14H15N3O3S. The Balaban J connectivity index is 2.16. The minimum atomic E-state index is -3.24. The Morgan fingerprint density at radius 1 is 1.24 bits per heavy atom. The van der Waals surface area contributed by atoms with Crippen molar-refractivity contribution in [3.05, 3.63) is 53.9 Å². The van der Waals surface area contributed by atoms with Crippen molar-refractivity contribution >= 4 is 21.4 Å². The van der Waals surface area contributed by atoms with Gasteiger partial charge in [-0.1, -0.05) is 0 Å². The summed E-state index contributed by atoms with van der Waals surface area (Å²) in [6.07, 6.45) is 2.65. The lowest BCUT2D eigenvalue weighted by molar-refractivity contribution is 0.102. The van der Waals surface area contributed by atoms with Crippen molar-refractivity contribution in [3.63, 3.8) is 0 Å². The van der Waals surface area contributed by atoms with Gasteiger partial charge in [0, 0.05) is 30.2 Å². The maximum absolute atomic E-state index is 12.1. The molecule has 0 saturated heterocycles. The number of anilines is 1. The molecular weight excluding hydrogens is 290 g/mol. The molecule has 2 rings (SSSR count). The molecule has 1 heterocycles. The molecule has 110 valence electrons. The van der Waals surface area contributed by atoms with Crippen molar-refractivity contribution in [3.8, 4) is 0 Å². The molecule has 0 radical (unpaired) electrons. The van der Waals surface area contributed by atoms with Crippen LogP contribution in [0, 0.1) is 0 Å². The molecule has 1 aromatic heterocycles. The number of sulfone groups is 1. The zero-order chi connectivity index (χ0) is 15.5. The number of nitrogens with two attached hydrogens (primary N) is 1. The van der Waals surface area contributed by atoms with Crippen molar-refractivity contribution in [2.24, 2.45) is 5.73 Å². The molecule has 6 nitrogen and oxygen atoms in total. The Labute approximate surface area is 122 Å². The van der Waals surface area contributed by atoms with Gasteiger partial charge in [0.25, 0.3) is 5.91 Å². The fourth-order valence-electron chi connectivity index (χ4n) is 1.72. The van der Waals surface area contributed by atoms with Crippen LogP contribution < -0.4 is 11.1 Å². The molecule has 0 spiro atoms. The second kappa shape index (κ2) is 6.02. The zero-order valence-electron chi connectivity index (χ0n) is 11.4. The van der Waals surface area contributed by atoms with E-state index in [0.29, 0.717) is 16.9 Å². The lowest BCUT2D eigenvalue weighted by Crippen LogP contribution is -2.13. The quantitative estimate of drug-likeness (QED) is 0.883. The van der Waals surface area contributed by atoms with Gasteiger partial charge in [0.15, 0.2) is 9.84 Å². The minimum Gasteiger partial charge on any atom is -0.325 e. The lowest BCUT2D eigenvalue weighted by Gasteiger charge is -2.07. The highest BCUT2D eigenvalue weighted by Gasteiger charge is 2.09. The first kappa shape index (κ1) is 15.1. The number of carbonyl (C=O) groups excluding carboxylic acids is 1. The van der Waals surface area contributed by atoms with Gasteiger partial charge in [0.2, 0.25) is 0 Å². The van der Waals surface area contributed by atoms with E-state index in [9.17, 15) is 13.2 Å². The van der Waals surface area contributed by atoms with Crippen molar-refractivity contribution in [1.29, 1.82) is 0 Å². The van der Waals surface area contributed by atoms with Gasteiger partial charge in [0.1, 0.15) is 0 Å². The molecule has 1 amide bonds. The molecule has 0 atom stereocenters. The van der Waals surface area contributed by atoms with E-state index in [1.807, 2.05) is 0 Å². The summed E-state index contributed by atoms with van der Waals surface area (Å²) in [6.45, 7) is 0.254. The number of nitrogens with one attached hydrogen (secondary N) is 1. The summed E-state index contributed by atoms with van der Waals surface area (Å²) in [5.41, 5.74) is 7.05. The summed E-state index contributed by atoms with van der Waals surface area (Å²) in [5, 5.41) is 2.69. The molecule has 2 aromatic rings. The van der Waals surface area contributed by atoms with Gasteiger partial charge in [-0.25, -0.2) is 8.42 Å². The van der Waals surface area contributed by atoms with E-state index < -0.39 is 9.84 Å². The van der Waals surface area contributed by atoms with Crippen LogP contribution in [0.1, 0.15) is 16.1 Å². The van der Waals surface area contributed by atoms with E-state index in [2.05, 4.69) is 10.3 Å². The maximum atomic E-state index is 12.1. The summed E-state index contributed by atoms with van der Waals surface area (Å²) in [7, 11) is -3.24. The molecule has 0 aliphatic heterocycles. The van der Waals surface area contributed by atoms with Crippen molar-refractivity contribution < 1.29 is 13.2 Å². The van der Waals surface area contributed by atoms with Crippen LogP contribution in [0.3, 0.4) is 0 Å². The van der Waals surface area contributed by atoms with Crippen LogP contribution >= 0.6 is 0 Å². The van der Waals surface area contributed by atoms with Crippen LogP contribution in [-0.4, -0.2) is 25.6 Å². The summed E-state index contributed by atoms with van der Waals surface area (Å²) in [5.74, 6) is -0.306. The fourth-order valence-corrected chi connectivity index (χ4v) is 2.35. The molecule has 1 aromatic carbocycles. The highest BCUT2D eigenvalue weighted by Crippen LogP contribution is 2.15. The van der Waals surface area contributed by atoms with Gasteiger partial charge in [-0.3, -0.25) is 9.78 Å². The molecule has 0 aliphatic carbocycles. The van der Waals surface area contributed by atoms with Crippen LogP contribution in [0.15, 0.2) is 47.5 Å². The average Bonchev–Trinajstić information content (AvgIpc) is 2.47. The normalized spacial score (nSPS) is 11.1.